The van der Waals surface area contributed by atoms with Crippen LogP contribution in [0.3, 0.4) is 0 Å². The number of nitrogens with zero attached hydrogens (tertiary/aromatic N) is 2. The highest BCUT2D eigenvalue weighted by Crippen LogP contribution is 2.00. The predicted octanol–water partition coefficient (Wildman–Crippen LogP) is -0.190. The van der Waals surface area contributed by atoms with Gasteiger partial charge in [0.1, 0.15) is 18.2 Å². The molecule has 0 aliphatic rings. The Morgan fingerprint density at radius 2 is 2.39 bits per heavy atom. The third kappa shape index (κ3) is 5.04. The van der Waals surface area contributed by atoms with Crippen LogP contribution in [-0.2, 0) is 11.3 Å². The van der Waals surface area contributed by atoms with Crippen molar-refractivity contribution >= 4 is 23.8 Å². The van der Waals surface area contributed by atoms with E-state index in [1.807, 2.05) is 6.26 Å². The number of rotatable bonds is 7. The Hall–Kier alpha value is -1.77. The van der Waals surface area contributed by atoms with E-state index in [9.17, 15) is 9.59 Å². The number of carboxylic acids is 1. The van der Waals surface area contributed by atoms with E-state index in [0.29, 0.717) is 18.0 Å². The summed E-state index contributed by atoms with van der Waals surface area (Å²) >= 11 is 1.53. The largest absolute Gasteiger partial charge is 0.480 e. The molecule has 0 aromatic carbocycles. The number of thioether (sulfide) groups is 1. The molecule has 0 aliphatic heterocycles. The number of nitrogens with one attached hydrogen (secondary N) is 3. The summed E-state index contributed by atoms with van der Waals surface area (Å²) in [7, 11) is 0. The number of urea groups is 1. The first-order valence-electron chi connectivity index (χ1n) is 5.24. The maximum absolute atomic E-state index is 11.5. The Labute approximate surface area is 108 Å². The zero-order valence-corrected chi connectivity index (χ0v) is 10.7. The fourth-order valence-electron chi connectivity index (χ4n) is 1.18. The van der Waals surface area contributed by atoms with E-state index >= 15 is 0 Å². The maximum atomic E-state index is 11.5. The summed E-state index contributed by atoms with van der Waals surface area (Å²) in [6.45, 7) is 0.167. The van der Waals surface area contributed by atoms with Crippen molar-refractivity contribution in [2.45, 2.75) is 19.0 Å². The molecule has 1 atom stereocenters. The van der Waals surface area contributed by atoms with Crippen molar-refractivity contribution in [3.8, 4) is 0 Å². The van der Waals surface area contributed by atoms with Crippen LogP contribution in [0.2, 0.25) is 0 Å². The second kappa shape index (κ2) is 7.54. The molecule has 0 fully saturated rings. The average Bonchev–Trinajstić information content (AvgIpc) is 2.84. The number of carboxylic acid groups (broad SMARTS) is 1. The summed E-state index contributed by atoms with van der Waals surface area (Å²) in [6, 6.07) is -1.42. The molecule has 0 aliphatic carbocycles. The minimum atomic E-state index is -1.04. The van der Waals surface area contributed by atoms with Gasteiger partial charge >= 0.3 is 12.0 Å². The van der Waals surface area contributed by atoms with Crippen LogP contribution >= 0.6 is 11.8 Å². The molecule has 8 nitrogen and oxygen atoms in total. The molecule has 1 unspecified atom stereocenters. The summed E-state index contributed by atoms with van der Waals surface area (Å²) < 4.78 is 0. The molecule has 0 saturated carbocycles. The molecular formula is C9H15N5O3S. The van der Waals surface area contributed by atoms with Gasteiger partial charge in [-0.1, -0.05) is 0 Å². The Bertz CT molecular complexity index is 384. The van der Waals surface area contributed by atoms with E-state index in [1.165, 1.54) is 18.1 Å². The van der Waals surface area contributed by atoms with Crippen LogP contribution in [0.15, 0.2) is 6.33 Å². The minimum Gasteiger partial charge on any atom is -0.480 e. The quantitative estimate of drug-likeness (QED) is 0.546. The average molecular weight is 273 g/mol. The molecule has 0 saturated heterocycles. The van der Waals surface area contributed by atoms with Crippen LogP contribution in [0.4, 0.5) is 4.79 Å². The van der Waals surface area contributed by atoms with Crippen molar-refractivity contribution in [2.24, 2.45) is 0 Å². The van der Waals surface area contributed by atoms with Crippen molar-refractivity contribution in [3.05, 3.63) is 12.2 Å². The van der Waals surface area contributed by atoms with Crippen molar-refractivity contribution in [1.82, 2.24) is 25.8 Å². The fourth-order valence-corrected chi connectivity index (χ4v) is 1.65. The lowest BCUT2D eigenvalue weighted by molar-refractivity contribution is -0.139. The number of carbonyl (C=O) groups is 2. The van der Waals surface area contributed by atoms with Gasteiger partial charge in [-0.05, 0) is 18.4 Å². The van der Waals surface area contributed by atoms with Gasteiger partial charge in [-0.2, -0.15) is 16.9 Å². The molecule has 2 amide bonds. The summed E-state index contributed by atoms with van der Waals surface area (Å²) in [5, 5.41) is 20.0. The molecule has 1 aromatic rings. The van der Waals surface area contributed by atoms with Crippen LogP contribution in [0, 0.1) is 0 Å². The van der Waals surface area contributed by atoms with Crippen molar-refractivity contribution in [2.75, 3.05) is 12.0 Å². The van der Waals surface area contributed by atoms with Crippen LogP contribution in [0.1, 0.15) is 12.2 Å². The van der Waals surface area contributed by atoms with Gasteiger partial charge in [0.15, 0.2) is 0 Å². The Balaban J connectivity index is 2.34. The normalized spacial score (nSPS) is 11.8. The Morgan fingerprint density at radius 3 is 2.94 bits per heavy atom. The lowest BCUT2D eigenvalue weighted by Crippen LogP contribution is -2.46. The molecule has 9 heteroatoms. The van der Waals surface area contributed by atoms with Gasteiger partial charge in [0.05, 0.1) is 6.54 Å². The second-order valence-corrected chi connectivity index (χ2v) is 4.42. The molecule has 0 bridgehead atoms. The Kier molecular flexibility index (Phi) is 5.98. The van der Waals surface area contributed by atoms with Gasteiger partial charge in [0.2, 0.25) is 0 Å². The van der Waals surface area contributed by atoms with Gasteiger partial charge < -0.3 is 15.7 Å². The van der Waals surface area contributed by atoms with E-state index in [0.717, 1.165) is 0 Å². The monoisotopic (exact) mass is 273 g/mol. The fraction of sp³-hybridized carbons (Fsp3) is 0.556. The number of aromatic amines is 1. The standard InChI is InChI=1S/C9H15N5O3S/c1-18-3-2-6(8(15)16)13-9(17)10-4-7-11-5-12-14-7/h5-6H,2-4H2,1H3,(H,15,16)(H2,10,13,17)(H,11,12,14). The third-order valence-corrected chi connectivity index (χ3v) is 2.74. The van der Waals surface area contributed by atoms with Crippen molar-refractivity contribution in [1.29, 1.82) is 0 Å². The first-order valence-corrected chi connectivity index (χ1v) is 6.63. The molecule has 1 aromatic heterocycles. The maximum Gasteiger partial charge on any atom is 0.326 e. The molecule has 1 heterocycles. The van der Waals surface area contributed by atoms with Gasteiger partial charge in [0, 0.05) is 0 Å². The first-order chi connectivity index (χ1) is 8.63. The summed E-state index contributed by atoms with van der Waals surface area (Å²) in [5.41, 5.74) is 0. The van der Waals surface area contributed by atoms with Gasteiger partial charge in [-0.25, -0.2) is 14.6 Å². The molecule has 0 radical (unpaired) electrons. The zero-order chi connectivity index (χ0) is 13.4. The van der Waals surface area contributed by atoms with Crippen LogP contribution in [-0.4, -0.2) is 50.3 Å². The number of hydrogen-bond acceptors (Lipinski definition) is 5. The predicted molar refractivity (Wildman–Crippen MR) is 66.2 cm³/mol. The topological polar surface area (TPSA) is 120 Å². The number of H-pyrrole nitrogens is 1. The minimum absolute atomic E-state index is 0.167. The smallest absolute Gasteiger partial charge is 0.326 e. The van der Waals surface area contributed by atoms with Crippen molar-refractivity contribution in [3.63, 3.8) is 0 Å². The molecule has 0 spiro atoms. The van der Waals surface area contributed by atoms with E-state index in [-0.39, 0.29) is 6.54 Å². The highest BCUT2D eigenvalue weighted by atomic mass is 32.2. The number of aromatic nitrogens is 3. The molecule has 100 valence electrons. The van der Waals surface area contributed by atoms with E-state index in [2.05, 4.69) is 25.8 Å². The third-order valence-electron chi connectivity index (χ3n) is 2.10. The summed E-state index contributed by atoms with van der Waals surface area (Å²) in [4.78, 5) is 26.2. The second-order valence-electron chi connectivity index (χ2n) is 3.43. The van der Waals surface area contributed by atoms with E-state index in [1.54, 1.807) is 0 Å². The lowest BCUT2D eigenvalue weighted by Gasteiger charge is -2.14. The SMILES string of the molecule is CSCCC(NC(=O)NCc1ncn[nH]1)C(=O)O. The van der Waals surface area contributed by atoms with E-state index in [4.69, 9.17) is 5.11 Å². The lowest BCUT2D eigenvalue weighted by atomic mass is 10.2. The van der Waals surface area contributed by atoms with Crippen molar-refractivity contribution < 1.29 is 14.7 Å². The highest BCUT2D eigenvalue weighted by molar-refractivity contribution is 7.98. The number of amides is 2. The summed E-state index contributed by atoms with van der Waals surface area (Å²) in [6.07, 6.45) is 3.59. The van der Waals surface area contributed by atoms with Gasteiger partial charge in [0.25, 0.3) is 0 Å². The van der Waals surface area contributed by atoms with E-state index < -0.39 is 18.0 Å². The number of aliphatic carboxylic acids is 1. The number of hydrogen-bond donors (Lipinski definition) is 4. The zero-order valence-electron chi connectivity index (χ0n) is 9.84. The van der Waals surface area contributed by atoms with Gasteiger partial charge in [-0.15, -0.1) is 0 Å². The van der Waals surface area contributed by atoms with Crippen LogP contribution in [0.25, 0.3) is 0 Å². The Morgan fingerprint density at radius 1 is 1.61 bits per heavy atom. The summed E-state index contributed by atoms with van der Waals surface area (Å²) in [5.74, 6) is 0.124. The first kappa shape index (κ1) is 14.3. The molecular weight excluding hydrogens is 258 g/mol. The van der Waals surface area contributed by atoms with Crippen LogP contribution in [0.5, 0.6) is 0 Å². The molecule has 4 N–H and O–H groups in total. The van der Waals surface area contributed by atoms with Crippen LogP contribution < -0.4 is 10.6 Å². The van der Waals surface area contributed by atoms with Gasteiger partial charge in [-0.3, -0.25) is 5.10 Å². The number of carbonyl (C=O) groups excluding carboxylic acids is 1. The molecule has 18 heavy (non-hydrogen) atoms. The highest BCUT2D eigenvalue weighted by Gasteiger charge is 2.19. The molecule has 1 rings (SSSR count).